The summed E-state index contributed by atoms with van der Waals surface area (Å²) in [5.74, 6) is 0.852. The molecule has 0 radical (unpaired) electrons. The Morgan fingerprint density at radius 1 is 1.33 bits per heavy atom. The predicted molar refractivity (Wildman–Crippen MR) is 51.1 cm³/mol. The molecule has 1 nitrogen and oxygen atoms in total. The van der Waals surface area contributed by atoms with Gasteiger partial charge in [-0.15, -0.1) is 0 Å². The van der Waals surface area contributed by atoms with Crippen LogP contribution in [0.5, 0.6) is 0 Å². The molecule has 2 rings (SSSR count). The van der Waals surface area contributed by atoms with Gasteiger partial charge in [0.25, 0.3) is 0 Å². The second-order valence-electron chi connectivity index (χ2n) is 3.68. The number of hydrogen-bond acceptors (Lipinski definition) is 1. The molecular weight excluding hydrogens is 146 g/mol. The van der Waals surface area contributed by atoms with Crippen LogP contribution in [-0.4, -0.2) is 12.6 Å². The third-order valence-electron chi connectivity index (χ3n) is 2.69. The van der Waals surface area contributed by atoms with Gasteiger partial charge in [0.05, 0.1) is 0 Å². The first-order chi connectivity index (χ1) is 5.86. The Hall–Kier alpha value is -0.820. The average Bonchev–Trinajstić information content (AvgIpc) is 2.14. The lowest BCUT2D eigenvalue weighted by Crippen LogP contribution is -2.52. The van der Waals surface area contributed by atoms with Crippen LogP contribution in [0, 0.1) is 5.92 Å². The van der Waals surface area contributed by atoms with Gasteiger partial charge < -0.3 is 5.32 Å². The summed E-state index contributed by atoms with van der Waals surface area (Å²) in [5, 5.41) is 3.44. The van der Waals surface area contributed by atoms with Gasteiger partial charge in [0.2, 0.25) is 0 Å². The summed E-state index contributed by atoms with van der Waals surface area (Å²) in [6, 6.07) is 11.4. The lowest BCUT2D eigenvalue weighted by Gasteiger charge is -2.35. The molecule has 0 spiro atoms. The van der Waals surface area contributed by atoms with E-state index in [9.17, 15) is 0 Å². The molecular formula is C11H15N. The van der Waals surface area contributed by atoms with Gasteiger partial charge in [0, 0.05) is 6.04 Å². The molecule has 1 heterocycles. The first kappa shape index (κ1) is 7.81. The van der Waals surface area contributed by atoms with Gasteiger partial charge in [-0.1, -0.05) is 37.3 Å². The van der Waals surface area contributed by atoms with Crippen molar-refractivity contribution in [2.24, 2.45) is 5.92 Å². The van der Waals surface area contributed by atoms with Gasteiger partial charge in [-0.25, -0.2) is 0 Å². The van der Waals surface area contributed by atoms with Gasteiger partial charge >= 0.3 is 0 Å². The fraction of sp³-hybridized carbons (Fsp3) is 0.455. The van der Waals surface area contributed by atoms with Crippen LogP contribution in [0.1, 0.15) is 12.5 Å². The molecule has 2 atom stereocenters. The van der Waals surface area contributed by atoms with E-state index in [1.165, 1.54) is 18.5 Å². The molecule has 1 saturated heterocycles. The Balaban J connectivity index is 1.95. The highest BCUT2D eigenvalue weighted by molar-refractivity contribution is 5.16. The first-order valence-electron chi connectivity index (χ1n) is 4.63. The van der Waals surface area contributed by atoms with Gasteiger partial charge in [-0.05, 0) is 24.4 Å². The van der Waals surface area contributed by atoms with E-state index in [0.29, 0.717) is 6.04 Å². The predicted octanol–water partition coefficient (Wildman–Crippen LogP) is 1.84. The maximum atomic E-state index is 3.44. The summed E-state index contributed by atoms with van der Waals surface area (Å²) in [5.41, 5.74) is 1.45. The lowest BCUT2D eigenvalue weighted by atomic mass is 9.88. The second kappa shape index (κ2) is 3.28. The molecule has 1 aromatic carbocycles. The van der Waals surface area contributed by atoms with E-state index in [1.54, 1.807) is 0 Å². The van der Waals surface area contributed by atoms with Gasteiger partial charge in [-0.3, -0.25) is 0 Å². The van der Waals surface area contributed by atoms with E-state index in [4.69, 9.17) is 0 Å². The fourth-order valence-corrected chi connectivity index (χ4v) is 1.66. The minimum absolute atomic E-state index is 0.715. The number of nitrogens with one attached hydrogen (secondary N) is 1. The molecule has 1 fully saturated rings. The average molecular weight is 161 g/mol. The lowest BCUT2D eigenvalue weighted by molar-refractivity contribution is 0.252. The zero-order valence-corrected chi connectivity index (χ0v) is 7.46. The van der Waals surface area contributed by atoms with Crippen LogP contribution < -0.4 is 5.32 Å². The summed E-state index contributed by atoms with van der Waals surface area (Å²) in [4.78, 5) is 0. The molecule has 0 aromatic heterocycles. The molecule has 0 amide bonds. The zero-order valence-electron chi connectivity index (χ0n) is 7.46. The number of rotatable bonds is 2. The Bertz CT molecular complexity index is 242. The SMILES string of the molecule is CC1CNC1Cc1ccccc1. The minimum atomic E-state index is 0.715. The highest BCUT2D eigenvalue weighted by Crippen LogP contribution is 2.16. The summed E-state index contributed by atoms with van der Waals surface area (Å²) < 4.78 is 0. The maximum absolute atomic E-state index is 3.44. The van der Waals surface area contributed by atoms with E-state index >= 15 is 0 Å². The molecule has 1 aromatic rings. The molecule has 0 saturated carbocycles. The standard InChI is InChI=1S/C11H15N/c1-9-8-12-11(9)7-10-5-3-2-4-6-10/h2-6,9,11-12H,7-8H2,1H3. The van der Waals surface area contributed by atoms with Crippen molar-refractivity contribution in [2.75, 3.05) is 6.54 Å². The first-order valence-corrected chi connectivity index (χ1v) is 4.63. The van der Waals surface area contributed by atoms with Crippen LogP contribution in [0.15, 0.2) is 30.3 Å². The van der Waals surface area contributed by atoms with Crippen molar-refractivity contribution in [3.05, 3.63) is 35.9 Å². The molecule has 64 valence electrons. The largest absolute Gasteiger partial charge is 0.313 e. The Morgan fingerprint density at radius 2 is 2.08 bits per heavy atom. The monoisotopic (exact) mass is 161 g/mol. The van der Waals surface area contributed by atoms with Gasteiger partial charge in [-0.2, -0.15) is 0 Å². The van der Waals surface area contributed by atoms with Crippen LogP contribution in [0.2, 0.25) is 0 Å². The number of benzene rings is 1. The molecule has 1 heteroatoms. The van der Waals surface area contributed by atoms with Crippen LogP contribution in [0.3, 0.4) is 0 Å². The molecule has 0 aliphatic carbocycles. The normalized spacial score (nSPS) is 28.1. The van der Waals surface area contributed by atoms with Crippen molar-refractivity contribution in [2.45, 2.75) is 19.4 Å². The third-order valence-corrected chi connectivity index (χ3v) is 2.69. The number of hydrogen-bond donors (Lipinski definition) is 1. The van der Waals surface area contributed by atoms with Gasteiger partial charge in [0.15, 0.2) is 0 Å². The van der Waals surface area contributed by atoms with Crippen molar-refractivity contribution in [1.82, 2.24) is 5.32 Å². The highest BCUT2D eigenvalue weighted by atomic mass is 15.0. The summed E-state index contributed by atoms with van der Waals surface area (Å²) in [7, 11) is 0. The van der Waals surface area contributed by atoms with Gasteiger partial charge in [0.1, 0.15) is 0 Å². The van der Waals surface area contributed by atoms with E-state index in [0.717, 1.165) is 5.92 Å². The summed E-state index contributed by atoms with van der Waals surface area (Å²) in [6.45, 7) is 3.50. The van der Waals surface area contributed by atoms with E-state index in [1.807, 2.05) is 0 Å². The Kier molecular flexibility index (Phi) is 2.13. The van der Waals surface area contributed by atoms with Crippen LogP contribution in [-0.2, 0) is 6.42 Å². The summed E-state index contributed by atoms with van der Waals surface area (Å²) in [6.07, 6.45) is 1.18. The van der Waals surface area contributed by atoms with Crippen molar-refractivity contribution >= 4 is 0 Å². The second-order valence-corrected chi connectivity index (χ2v) is 3.68. The molecule has 1 aliphatic heterocycles. The Labute approximate surface area is 73.8 Å². The van der Waals surface area contributed by atoms with Crippen molar-refractivity contribution in [3.8, 4) is 0 Å². The van der Waals surface area contributed by atoms with Crippen molar-refractivity contribution < 1.29 is 0 Å². The maximum Gasteiger partial charge on any atom is 0.0145 e. The van der Waals surface area contributed by atoms with E-state index < -0.39 is 0 Å². The Morgan fingerprint density at radius 3 is 2.58 bits per heavy atom. The zero-order chi connectivity index (χ0) is 8.39. The quantitative estimate of drug-likeness (QED) is 0.698. The van der Waals surface area contributed by atoms with Crippen molar-refractivity contribution in [3.63, 3.8) is 0 Å². The fourth-order valence-electron chi connectivity index (χ4n) is 1.66. The molecule has 12 heavy (non-hydrogen) atoms. The third kappa shape index (κ3) is 1.51. The highest BCUT2D eigenvalue weighted by Gasteiger charge is 2.25. The van der Waals surface area contributed by atoms with Crippen LogP contribution in [0.4, 0.5) is 0 Å². The summed E-state index contributed by atoms with van der Waals surface area (Å²) >= 11 is 0. The van der Waals surface area contributed by atoms with Crippen LogP contribution >= 0.6 is 0 Å². The topological polar surface area (TPSA) is 12.0 Å². The molecule has 0 bridgehead atoms. The molecule has 1 N–H and O–H groups in total. The minimum Gasteiger partial charge on any atom is -0.313 e. The molecule has 2 unspecified atom stereocenters. The van der Waals surface area contributed by atoms with Crippen LogP contribution in [0.25, 0.3) is 0 Å². The van der Waals surface area contributed by atoms with E-state index in [2.05, 4.69) is 42.6 Å². The van der Waals surface area contributed by atoms with E-state index in [-0.39, 0.29) is 0 Å². The molecule has 1 aliphatic rings. The smallest absolute Gasteiger partial charge is 0.0145 e. The van der Waals surface area contributed by atoms with Crippen molar-refractivity contribution in [1.29, 1.82) is 0 Å².